The molecule has 110 valence electrons. The fourth-order valence-corrected chi connectivity index (χ4v) is 2.63. The highest BCUT2D eigenvalue weighted by Crippen LogP contribution is 2.16. The Hall–Kier alpha value is -1.62. The number of hydrogen-bond acceptors (Lipinski definition) is 4. The van der Waals surface area contributed by atoms with Crippen molar-refractivity contribution in [1.29, 1.82) is 0 Å². The van der Waals surface area contributed by atoms with Gasteiger partial charge in [-0.1, -0.05) is 0 Å². The van der Waals surface area contributed by atoms with Gasteiger partial charge in [0, 0.05) is 37.9 Å². The lowest BCUT2D eigenvalue weighted by atomic mass is 10.2. The van der Waals surface area contributed by atoms with E-state index in [0.29, 0.717) is 18.2 Å². The minimum atomic E-state index is 0.0320. The van der Waals surface area contributed by atoms with Crippen LogP contribution in [0.25, 0.3) is 0 Å². The highest BCUT2D eigenvalue weighted by atomic mass is 16.2. The van der Waals surface area contributed by atoms with Crippen molar-refractivity contribution < 1.29 is 4.79 Å². The molecule has 1 fully saturated rings. The molecule has 1 aromatic heterocycles. The first kappa shape index (κ1) is 14.8. The molecular weight excluding hydrogens is 252 g/mol. The van der Waals surface area contributed by atoms with Gasteiger partial charge in [-0.05, 0) is 39.3 Å². The zero-order valence-electron chi connectivity index (χ0n) is 12.5. The van der Waals surface area contributed by atoms with Crippen LogP contribution in [0.1, 0.15) is 37.6 Å². The van der Waals surface area contributed by atoms with E-state index in [0.717, 1.165) is 25.3 Å². The number of anilines is 1. The molecule has 2 N–H and O–H groups in total. The average Bonchev–Trinajstić information content (AvgIpc) is 2.86. The van der Waals surface area contributed by atoms with Gasteiger partial charge in [0.25, 0.3) is 5.91 Å². The standard InChI is InChI=1S/C15H24N4O/c1-4-19(11(2)3)14-6-5-12(9-17-14)15(20)18-8-7-13(16)10-18/h5-6,9,11,13H,4,7-8,10,16H2,1-3H3. The normalized spacial score (nSPS) is 18.6. The number of nitrogens with zero attached hydrogens (tertiary/aromatic N) is 3. The number of nitrogens with two attached hydrogens (primary N) is 1. The van der Waals surface area contributed by atoms with Crippen LogP contribution in [-0.2, 0) is 0 Å². The molecule has 0 aliphatic carbocycles. The number of likely N-dealkylation sites (tertiary alicyclic amines) is 1. The second-order valence-corrected chi connectivity index (χ2v) is 5.58. The number of pyridine rings is 1. The molecule has 1 atom stereocenters. The average molecular weight is 276 g/mol. The van der Waals surface area contributed by atoms with E-state index < -0.39 is 0 Å². The Kier molecular flexibility index (Phi) is 4.60. The van der Waals surface area contributed by atoms with Crippen molar-refractivity contribution in [3.05, 3.63) is 23.9 Å². The van der Waals surface area contributed by atoms with Crippen LogP contribution < -0.4 is 10.6 Å². The largest absolute Gasteiger partial charge is 0.354 e. The maximum absolute atomic E-state index is 12.3. The summed E-state index contributed by atoms with van der Waals surface area (Å²) in [5, 5.41) is 0. The summed E-state index contributed by atoms with van der Waals surface area (Å²) in [4.78, 5) is 20.7. The molecule has 5 nitrogen and oxygen atoms in total. The summed E-state index contributed by atoms with van der Waals surface area (Å²) in [7, 11) is 0. The van der Waals surface area contributed by atoms with Gasteiger partial charge in [0.15, 0.2) is 0 Å². The van der Waals surface area contributed by atoms with Crippen molar-refractivity contribution in [3.8, 4) is 0 Å². The molecule has 1 saturated heterocycles. The summed E-state index contributed by atoms with van der Waals surface area (Å²) in [6, 6.07) is 4.29. The van der Waals surface area contributed by atoms with Crippen molar-refractivity contribution in [2.75, 3.05) is 24.5 Å². The fraction of sp³-hybridized carbons (Fsp3) is 0.600. The Morgan fingerprint density at radius 3 is 2.75 bits per heavy atom. The number of hydrogen-bond donors (Lipinski definition) is 1. The van der Waals surface area contributed by atoms with Crippen LogP contribution in [0.5, 0.6) is 0 Å². The SMILES string of the molecule is CCN(c1ccc(C(=O)N2CCC(N)C2)cn1)C(C)C. The topological polar surface area (TPSA) is 62.5 Å². The Labute approximate surface area is 120 Å². The molecule has 1 aliphatic rings. The number of rotatable bonds is 4. The van der Waals surface area contributed by atoms with Crippen molar-refractivity contribution in [2.45, 2.75) is 39.3 Å². The lowest BCUT2D eigenvalue weighted by Gasteiger charge is -2.26. The predicted octanol–water partition coefficient (Wildman–Crippen LogP) is 1.49. The van der Waals surface area contributed by atoms with Crippen LogP contribution in [-0.4, -0.2) is 47.5 Å². The summed E-state index contributed by atoms with van der Waals surface area (Å²) >= 11 is 0. The first-order valence-electron chi connectivity index (χ1n) is 7.30. The molecular formula is C15H24N4O. The van der Waals surface area contributed by atoms with E-state index in [1.54, 1.807) is 11.1 Å². The second kappa shape index (κ2) is 6.22. The summed E-state index contributed by atoms with van der Waals surface area (Å²) in [6.45, 7) is 8.67. The zero-order chi connectivity index (χ0) is 14.7. The van der Waals surface area contributed by atoms with E-state index in [9.17, 15) is 4.79 Å². The van der Waals surface area contributed by atoms with Gasteiger partial charge in [-0.25, -0.2) is 4.98 Å². The fourth-order valence-electron chi connectivity index (χ4n) is 2.63. The second-order valence-electron chi connectivity index (χ2n) is 5.58. The van der Waals surface area contributed by atoms with Gasteiger partial charge in [0.1, 0.15) is 5.82 Å². The highest BCUT2D eigenvalue weighted by Gasteiger charge is 2.24. The molecule has 1 unspecified atom stereocenters. The van der Waals surface area contributed by atoms with E-state index in [-0.39, 0.29) is 11.9 Å². The smallest absolute Gasteiger partial charge is 0.255 e. The maximum atomic E-state index is 12.3. The Morgan fingerprint density at radius 1 is 1.55 bits per heavy atom. The molecule has 0 bridgehead atoms. The lowest BCUT2D eigenvalue weighted by Crippen LogP contribution is -2.33. The molecule has 1 aromatic rings. The monoisotopic (exact) mass is 276 g/mol. The Balaban J connectivity index is 2.10. The van der Waals surface area contributed by atoms with Gasteiger partial charge < -0.3 is 15.5 Å². The highest BCUT2D eigenvalue weighted by molar-refractivity contribution is 5.94. The quantitative estimate of drug-likeness (QED) is 0.905. The van der Waals surface area contributed by atoms with Gasteiger partial charge >= 0.3 is 0 Å². The molecule has 0 radical (unpaired) electrons. The molecule has 5 heteroatoms. The van der Waals surface area contributed by atoms with Crippen LogP contribution in [0.4, 0.5) is 5.82 Å². The van der Waals surface area contributed by atoms with E-state index in [1.165, 1.54) is 0 Å². The van der Waals surface area contributed by atoms with E-state index in [4.69, 9.17) is 5.73 Å². The van der Waals surface area contributed by atoms with Gasteiger partial charge in [-0.2, -0.15) is 0 Å². The van der Waals surface area contributed by atoms with Gasteiger partial charge in [0.05, 0.1) is 5.56 Å². The molecule has 1 aliphatic heterocycles. The first-order valence-corrected chi connectivity index (χ1v) is 7.30. The number of aromatic nitrogens is 1. The molecule has 0 aromatic carbocycles. The molecule has 2 heterocycles. The molecule has 0 saturated carbocycles. The van der Waals surface area contributed by atoms with E-state index in [2.05, 4.69) is 30.7 Å². The number of carbonyl (C=O) groups excluding carboxylic acids is 1. The van der Waals surface area contributed by atoms with Crippen LogP contribution in [0.2, 0.25) is 0 Å². The van der Waals surface area contributed by atoms with Gasteiger partial charge in [-0.15, -0.1) is 0 Å². The number of amides is 1. The Morgan fingerprint density at radius 2 is 2.30 bits per heavy atom. The summed E-state index contributed by atoms with van der Waals surface area (Å²) in [5.74, 6) is 0.946. The van der Waals surface area contributed by atoms with E-state index >= 15 is 0 Å². The van der Waals surface area contributed by atoms with Crippen molar-refractivity contribution in [2.24, 2.45) is 5.73 Å². The molecule has 1 amide bonds. The predicted molar refractivity (Wildman–Crippen MR) is 80.9 cm³/mol. The van der Waals surface area contributed by atoms with Crippen LogP contribution in [0, 0.1) is 0 Å². The molecule has 2 rings (SSSR count). The minimum Gasteiger partial charge on any atom is -0.354 e. The third-order valence-corrected chi connectivity index (χ3v) is 3.77. The van der Waals surface area contributed by atoms with Crippen LogP contribution in [0.15, 0.2) is 18.3 Å². The summed E-state index contributed by atoms with van der Waals surface area (Å²) < 4.78 is 0. The van der Waals surface area contributed by atoms with Crippen molar-refractivity contribution >= 4 is 11.7 Å². The lowest BCUT2D eigenvalue weighted by molar-refractivity contribution is 0.0790. The molecule has 0 spiro atoms. The molecule has 20 heavy (non-hydrogen) atoms. The number of carbonyl (C=O) groups is 1. The first-order chi connectivity index (χ1) is 9.52. The van der Waals surface area contributed by atoms with Crippen molar-refractivity contribution in [1.82, 2.24) is 9.88 Å². The maximum Gasteiger partial charge on any atom is 0.255 e. The van der Waals surface area contributed by atoms with Gasteiger partial charge in [0.2, 0.25) is 0 Å². The third-order valence-electron chi connectivity index (χ3n) is 3.77. The Bertz CT molecular complexity index is 457. The minimum absolute atomic E-state index is 0.0320. The van der Waals surface area contributed by atoms with Gasteiger partial charge in [-0.3, -0.25) is 4.79 Å². The van der Waals surface area contributed by atoms with Crippen molar-refractivity contribution in [3.63, 3.8) is 0 Å². The van der Waals surface area contributed by atoms with E-state index in [1.807, 2.05) is 12.1 Å². The van der Waals surface area contributed by atoms with Crippen LogP contribution in [0.3, 0.4) is 0 Å². The van der Waals surface area contributed by atoms with Crippen LogP contribution >= 0.6 is 0 Å². The summed E-state index contributed by atoms with van der Waals surface area (Å²) in [5.41, 5.74) is 6.48. The summed E-state index contributed by atoms with van der Waals surface area (Å²) in [6.07, 6.45) is 2.56. The third kappa shape index (κ3) is 3.10. The zero-order valence-corrected chi connectivity index (χ0v) is 12.5.